The molecule has 0 atom stereocenters. The number of nitrogens with one attached hydrogen (secondary N) is 1. The predicted molar refractivity (Wildman–Crippen MR) is 99.6 cm³/mol. The van der Waals surface area contributed by atoms with Crippen molar-refractivity contribution in [3.63, 3.8) is 0 Å². The lowest BCUT2D eigenvalue weighted by atomic mass is 10.1. The van der Waals surface area contributed by atoms with Crippen LogP contribution in [0.2, 0.25) is 5.02 Å². The fraction of sp³-hybridized carbons (Fsp3) is 0.200. The van der Waals surface area contributed by atoms with Gasteiger partial charge in [0, 0.05) is 22.5 Å². The Kier molecular flexibility index (Phi) is 4.81. The molecule has 0 radical (unpaired) electrons. The van der Waals surface area contributed by atoms with Crippen molar-refractivity contribution in [2.75, 3.05) is 5.32 Å². The quantitative estimate of drug-likeness (QED) is 0.721. The molecule has 122 valence electrons. The summed E-state index contributed by atoms with van der Waals surface area (Å²) in [5.74, 6) is -0.00152. The minimum atomic E-state index is -0.00152. The number of halogens is 1. The first-order valence-electron chi connectivity index (χ1n) is 7.95. The van der Waals surface area contributed by atoms with Gasteiger partial charge in [-0.05, 0) is 49.6 Å². The van der Waals surface area contributed by atoms with Crippen LogP contribution >= 0.6 is 11.6 Å². The molecule has 0 bridgehead atoms. The van der Waals surface area contributed by atoms with Gasteiger partial charge in [-0.3, -0.25) is 9.78 Å². The molecule has 0 aliphatic rings. The highest BCUT2D eigenvalue weighted by Gasteiger charge is 2.11. The number of aromatic nitrogens is 1. The van der Waals surface area contributed by atoms with Crippen LogP contribution in [0.25, 0.3) is 10.9 Å². The highest BCUT2D eigenvalue weighted by molar-refractivity contribution is 6.32. The zero-order chi connectivity index (χ0) is 17.1. The average Bonchev–Trinajstić information content (AvgIpc) is 2.57. The molecule has 4 heteroatoms. The third-order valence-corrected chi connectivity index (χ3v) is 4.46. The maximum atomic E-state index is 12.3. The minimum absolute atomic E-state index is 0.00152. The van der Waals surface area contributed by atoms with Crippen molar-refractivity contribution in [1.29, 1.82) is 0 Å². The summed E-state index contributed by atoms with van der Waals surface area (Å²) in [6, 6.07) is 15.7. The van der Waals surface area contributed by atoms with E-state index in [1.807, 2.05) is 62.4 Å². The number of benzene rings is 2. The van der Waals surface area contributed by atoms with Crippen LogP contribution in [0.1, 0.15) is 23.2 Å². The number of amides is 1. The number of hydrogen-bond donors (Lipinski definition) is 1. The first-order chi connectivity index (χ1) is 11.5. The highest BCUT2D eigenvalue weighted by atomic mass is 35.5. The predicted octanol–water partition coefficient (Wildman–Crippen LogP) is 5.08. The van der Waals surface area contributed by atoms with Crippen molar-refractivity contribution in [1.82, 2.24) is 4.98 Å². The lowest BCUT2D eigenvalue weighted by Crippen LogP contribution is -2.13. The SMILES string of the molecule is Cc1cc(NC(=O)CCc2ccccc2)c2ccc(Cl)c(C)c2n1. The van der Waals surface area contributed by atoms with Gasteiger partial charge in [-0.2, -0.15) is 0 Å². The minimum Gasteiger partial charge on any atom is -0.325 e. The molecule has 0 saturated carbocycles. The molecule has 2 aromatic carbocycles. The first-order valence-corrected chi connectivity index (χ1v) is 8.32. The molecule has 0 aliphatic heterocycles. The Balaban J connectivity index is 1.82. The molecule has 3 rings (SSSR count). The Morgan fingerprint density at radius 1 is 1.12 bits per heavy atom. The number of anilines is 1. The summed E-state index contributed by atoms with van der Waals surface area (Å²) in [5, 5.41) is 4.62. The number of pyridine rings is 1. The van der Waals surface area contributed by atoms with E-state index in [2.05, 4.69) is 10.3 Å². The van der Waals surface area contributed by atoms with Crippen molar-refractivity contribution in [2.45, 2.75) is 26.7 Å². The molecule has 1 heterocycles. The van der Waals surface area contributed by atoms with Crippen molar-refractivity contribution >= 4 is 34.1 Å². The summed E-state index contributed by atoms with van der Waals surface area (Å²) in [4.78, 5) is 16.9. The number of nitrogens with zero attached hydrogens (tertiary/aromatic N) is 1. The molecular formula is C20H19ClN2O. The van der Waals surface area contributed by atoms with Crippen LogP contribution in [0.15, 0.2) is 48.5 Å². The van der Waals surface area contributed by atoms with Crippen LogP contribution in [0.5, 0.6) is 0 Å². The smallest absolute Gasteiger partial charge is 0.224 e. The third kappa shape index (κ3) is 3.57. The fourth-order valence-corrected chi connectivity index (χ4v) is 2.90. The van der Waals surface area contributed by atoms with Gasteiger partial charge in [0.25, 0.3) is 0 Å². The molecule has 3 aromatic rings. The van der Waals surface area contributed by atoms with Gasteiger partial charge in [-0.15, -0.1) is 0 Å². The lowest BCUT2D eigenvalue weighted by Gasteiger charge is -2.12. The highest BCUT2D eigenvalue weighted by Crippen LogP contribution is 2.29. The monoisotopic (exact) mass is 338 g/mol. The summed E-state index contributed by atoms with van der Waals surface area (Å²) < 4.78 is 0. The van der Waals surface area contributed by atoms with E-state index in [4.69, 9.17) is 11.6 Å². The standard InChI is InChI=1S/C20H19ClN2O/c1-13-12-18(16-9-10-17(21)14(2)20(16)22-13)23-19(24)11-8-15-6-4-3-5-7-15/h3-7,9-10,12H,8,11H2,1-2H3,(H,22,23,24). The Morgan fingerprint density at radius 2 is 1.88 bits per heavy atom. The Labute approximate surface area is 146 Å². The van der Waals surface area contributed by atoms with Crippen LogP contribution < -0.4 is 5.32 Å². The van der Waals surface area contributed by atoms with Crippen molar-refractivity contribution in [2.24, 2.45) is 0 Å². The molecule has 0 aliphatic carbocycles. The van der Waals surface area contributed by atoms with Gasteiger partial charge >= 0.3 is 0 Å². The number of rotatable bonds is 4. The van der Waals surface area contributed by atoms with Crippen LogP contribution in [0.4, 0.5) is 5.69 Å². The summed E-state index contributed by atoms with van der Waals surface area (Å²) in [6.45, 7) is 3.86. The Hall–Kier alpha value is -2.39. The molecule has 1 aromatic heterocycles. The van der Waals surface area contributed by atoms with E-state index in [9.17, 15) is 4.79 Å². The molecule has 0 spiro atoms. The van der Waals surface area contributed by atoms with Crippen LogP contribution in [0.3, 0.4) is 0 Å². The second-order valence-corrected chi connectivity index (χ2v) is 6.32. The zero-order valence-corrected chi connectivity index (χ0v) is 14.5. The van der Waals surface area contributed by atoms with Crippen LogP contribution in [-0.4, -0.2) is 10.9 Å². The number of aryl methyl sites for hydroxylation is 3. The van der Waals surface area contributed by atoms with E-state index in [1.165, 1.54) is 0 Å². The van der Waals surface area contributed by atoms with E-state index in [-0.39, 0.29) is 5.91 Å². The zero-order valence-electron chi connectivity index (χ0n) is 13.8. The van der Waals surface area contributed by atoms with Crippen molar-refractivity contribution < 1.29 is 4.79 Å². The van der Waals surface area contributed by atoms with Gasteiger partial charge in [-0.1, -0.05) is 41.9 Å². The largest absolute Gasteiger partial charge is 0.325 e. The molecule has 0 unspecified atom stereocenters. The Bertz CT molecular complexity index is 891. The van der Waals surface area contributed by atoms with E-state index >= 15 is 0 Å². The average molecular weight is 339 g/mol. The van der Waals surface area contributed by atoms with Gasteiger partial charge in [0.1, 0.15) is 0 Å². The fourth-order valence-electron chi connectivity index (χ4n) is 2.75. The van der Waals surface area contributed by atoms with Gasteiger partial charge in [0.2, 0.25) is 5.91 Å². The summed E-state index contributed by atoms with van der Waals surface area (Å²) in [7, 11) is 0. The van der Waals surface area contributed by atoms with Crippen LogP contribution in [-0.2, 0) is 11.2 Å². The Morgan fingerprint density at radius 3 is 2.62 bits per heavy atom. The van der Waals surface area contributed by atoms with E-state index in [0.717, 1.165) is 39.8 Å². The molecule has 0 fully saturated rings. The number of hydrogen-bond acceptors (Lipinski definition) is 2. The molecule has 1 N–H and O–H groups in total. The molecule has 1 amide bonds. The van der Waals surface area contributed by atoms with Crippen molar-refractivity contribution in [3.8, 4) is 0 Å². The van der Waals surface area contributed by atoms with Gasteiger partial charge < -0.3 is 5.32 Å². The molecular weight excluding hydrogens is 320 g/mol. The first kappa shape index (κ1) is 16.5. The number of fused-ring (bicyclic) bond motifs is 1. The number of carbonyl (C=O) groups is 1. The summed E-state index contributed by atoms with van der Waals surface area (Å²) in [6.07, 6.45) is 1.17. The summed E-state index contributed by atoms with van der Waals surface area (Å²) >= 11 is 6.19. The second-order valence-electron chi connectivity index (χ2n) is 5.91. The van der Waals surface area contributed by atoms with Gasteiger partial charge in [0.15, 0.2) is 0 Å². The van der Waals surface area contributed by atoms with Crippen LogP contribution in [0, 0.1) is 13.8 Å². The van der Waals surface area contributed by atoms with Gasteiger partial charge in [-0.25, -0.2) is 0 Å². The molecule has 3 nitrogen and oxygen atoms in total. The molecule has 24 heavy (non-hydrogen) atoms. The second kappa shape index (κ2) is 7.02. The normalized spacial score (nSPS) is 10.8. The van der Waals surface area contributed by atoms with E-state index < -0.39 is 0 Å². The molecule has 0 saturated heterocycles. The lowest BCUT2D eigenvalue weighted by molar-refractivity contribution is -0.116. The third-order valence-electron chi connectivity index (χ3n) is 4.05. The maximum absolute atomic E-state index is 12.3. The van der Waals surface area contributed by atoms with E-state index in [0.29, 0.717) is 11.4 Å². The number of carbonyl (C=O) groups excluding carboxylic acids is 1. The summed E-state index contributed by atoms with van der Waals surface area (Å²) in [5.41, 5.74) is 4.56. The van der Waals surface area contributed by atoms with Crippen molar-refractivity contribution in [3.05, 3.63) is 70.4 Å². The topological polar surface area (TPSA) is 42.0 Å². The van der Waals surface area contributed by atoms with Gasteiger partial charge in [0.05, 0.1) is 11.2 Å². The maximum Gasteiger partial charge on any atom is 0.224 e. The van der Waals surface area contributed by atoms with E-state index in [1.54, 1.807) is 0 Å².